The summed E-state index contributed by atoms with van der Waals surface area (Å²) in [5.41, 5.74) is 0. The number of hydrogen-bond acceptors (Lipinski definition) is 3. The Hall–Kier alpha value is -1.07. The quantitative estimate of drug-likeness (QED) is 0.563. The van der Waals surface area contributed by atoms with E-state index in [2.05, 4.69) is 5.32 Å². The highest BCUT2D eigenvalue weighted by Crippen LogP contribution is 2.20. The van der Waals surface area contributed by atoms with Crippen molar-refractivity contribution in [3.8, 4) is 0 Å². The van der Waals surface area contributed by atoms with Gasteiger partial charge in [0.25, 0.3) is 0 Å². The smallest absolute Gasteiger partial charge is 0.230 e. The van der Waals surface area contributed by atoms with Gasteiger partial charge in [0, 0.05) is 18.0 Å². The molecule has 3 nitrogen and oxygen atoms in total. The molecule has 0 spiro atoms. The molecular formula is C13H18FNO2S. The molecule has 0 saturated heterocycles. The van der Waals surface area contributed by atoms with Crippen LogP contribution in [0.3, 0.4) is 0 Å². The minimum absolute atomic E-state index is 0.0905. The lowest BCUT2D eigenvalue weighted by molar-refractivity contribution is -0.118. The van der Waals surface area contributed by atoms with Crippen LogP contribution >= 0.6 is 11.8 Å². The van der Waals surface area contributed by atoms with Gasteiger partial charge < -0.3 is 10.4 Å². The second-order valence-corrected chi connectivity index (χ2v) is 4.87. The zero-order valence-corrected chi connectivity index (χ0v) is 11.0. The lowest BCUT2D eigenvalue weighted by Crippen LogP contribution is -2.26. The third kappa shape index (κ3) is 6.02. The van der Waals surface area contributed by atoms with Crippen LogP contribution in [0, 0.1) is 5.82 Å². The highest BCUT2D eigenvalue weighted by molar-refractivity contribution is 8.00. The number of thioether (sulfide) groups is 1. The topological polar surface area (TPSA) is 49.3 Å². The molecule has 100 valence electrons. The van der Waals surface area contributed by atoms with Gasteiger partial charge in [-0.25, -0.2) is 4.39 Å². The highest BCUT2D eigenvalue weighted by atomic mass is 32.2. The molecule has 0 aliphatic rings. The number of benzene rings is 1. The summed E-state index contributed by atoms with van der Waals surface area (Å²) in [6.07, 6.45) is 2.52. The molecule has 0 aliphatic heterocycles. The van der Waals surface area contributed by atoms with E-state index in [9.17, 15) is 9.18 Å². The highest BCUT2D eigenvalue weighted by Gasteiger charge is 2.05. The van der Waals surface area contributed by atoms with Crippen molar-refractivity contribution >= 4 is 17.7 Å². The van der Waals surface area contributed by atoms with Crippen LogP contribution in [-0.2, 0) is 4.79 Å². The monoisotopic (exact) mass is 271 g/mol. The number of nitrogens with one attached hydrogen (secondary N) is 1. The number of carbonyl (C=O) groups excluding carboxylic acids is 1. The number of halogens is 1. The summed E-state index contributed by atoms with van der Waals surface area (Å²) >= 11 is 1.20. The van der Waals surface area contributed by atoms with Crippen LogP contribution < -0.4 is 5.32 Å². The second kappa shape index (κ2) is 8.94. The molecule has 0 aliphatic carbocycles. The van der Waals surface area contributed by atoms with Crippen LogP contribution in [0.25, 0.3) is 0 Å². The van der Waals surface area contributed by atoms with Gasteiger partial charge in [-0.05, 0) is 31.4 Å². The van der Waals surface area contributed by atoms with Crippen LogP contribution in [0.4, 0.5) is 4.39 Å². The van der Waals surface area contributed by atoms with E-state index < -0.39 is 0 Å². The molecule has 5 heteroatoms. The van der Waals surface area contributed by atoms with E-state index in [4.69, 9.17) is 5.11 Å². The molecule has 1 rings (SSSR count). The molecule has 1 amide bonds. The second-order valence-electron chi connectivity index (χ2n) is 3.85. The maximum absolute atomic E-state index is 13.3. The third-order valence-corrected chi connectivity index (χ3v) is 3.40. The molecule has 0 atom stereocenters. The first-order chi connectivity index (χ1) is 8.74. The van der Waals surface area contributed by atoms with Crippen molar-refractivity contribution in [2.45, 2.75) is 24.2 Å². The van der Waals surface area contributed by atoms with Gasteiger partial charge in [-0.3, -0.25) is 4.79 Å². The summed E-state index contributed by atoms with van der Waals surface area (Å²) in [6, 6.07) is 6.42. The zero-order valence-electron chi connectivity index (χ0n) is 10.2. The molecule has 0 bridgehead atoms. The standard InChI is InChI=1S/C13H18FNO2S/c14-11-6-2-3-7-12(11)18-10-13(17)15-8-4-1-5-9-16/h2-3,6-7,16H,1,4-5,8-10H2,(H,15,17). The maximum Gasteiger partial charge on any atom is 0.230 e. The summed E-state index contributed by atoms with van der Waals surface area (Å²) in [7, 11) is 0. The van der Waals surface area contributed by atoms with Gasteiger partial charge in [0.15, 0.2) is 0 Å². The van der Waals surface area contributed by atoms with E-state index in [1.165, 1.54) is 17.8 Å². The normalized spacial score (nSPS) is 10.3. The van der Waals surface area contributed by atoms with E-state index in [0.29, 0.717) is 11.4 Å². The minimum atomic E-state index is -0.293. The Bertz CT molecular complexity index is 374. The molecule has 18 heavy (non-hydrogen) atoms. The number of carbonyl (C=O) groups is 1. The van der Waals surface area contributed by atoms with Crippen molar-refractivity contribution in [1.82, 2.24) is 5.32 Å². The Morgan fingerprint density at radius 2 is 2.06 bits per heavy atom. The van der Waals surface area contributed by atoms with Gasteiger partial charge in [-0.15, -0.1) is 11.8 Å². The Kier molecular flexibility index (Phi) is 7.44. The van der Waals surface area contributed by atoms with Crippen LogP contribution in [0.5, 0.6) is 0 Å². The maximum atomic E-state index is 13.3. The lowest BCUT2D eigenvalue weighted by Gasteiger charge is -2.05. The fraction of sp³-hybridized carbons (Fsp3) is 0.462. The molecule has 0 fully saturated rings. The first kappa shape index (κ1) is 15.0. The van der Waals surface area contributed by atoms with E-state index in [1.54, 1.807) is 18.2 Å². The fourth-order valence-electron chi connectivity index (χ4n) is 1.40. The lowest BCUT2D eigenvalue weighted by atomic mass is 10.2. The molecule has 2 N–H and O–H groups in total. The third-order valence-electron chi connectivity index (χ3n) is 2.35. The Morgan fingerprint density at radius 1 is 1.28 bits per heavy atom. The van der Waals surface area contributed by atoms with E-state index >= 15 is 0 Å². The van der Waals surface area contributed by atoms with Crippen LogP contribution in [-0.4, -0.2) is 29.9 Å². The van der Waals surface area contributed by atoms with Crippen molar-refractivity contribution < 1.29 is 14.3 Å². The Morgan fingerprint density at radius 3 is 2.78 bits per heavy atom. The molecule has 0 heterocycles. The Labute approximate surface area is 111 Å². The molecule has 0 saturated carbocycles. The molecule has 1 aromatic rings. The van der Waals surface area contributed by atoms with Crippen LogP contribution in [0.15, 0.2) is 29.2 Å². The zero-order chi connectivity index (χ0) is 13.2. The molecule has 0 unspecified atom stereocenters. The summed E-state index contributed by atoms with van der Waals surface area (Å²) in [5, 5.41) is 11.4. The number of hydrogen-bond donors (Lipinski definition) is 2. The van der Waals surface area contributed by atoms with Crippen molar-refractivity contribution in [3.05, 3.63) is 30.1 Å². The average Bonchev–Trinajstić information content (AvgIpc) is 2.37. The molecule has 1 aromatic carbocycles. The summed E-state index contributed by atoms with van der Waals surface area (Å²) < 4.78 is 13.3. The first-order valence-electron chi connectivity index (χ1n) is 5.99. The molecule has 0 radical (unpaired) electrons. The van der Waals surface area contributed by atoms with Gasteiger partial charge in [0.05, 0.1) is 5.75 Å². The average molecular weight is 271 g/mol. The van der Waals surface area contributed by atoms with Gasteiger partial charge in [0.2, 0.25) is 5.91 Å². The predicted molar refractivity (Wildman–Crippen MR) is 71.1 cm³/mol. The van der Waals surface area contributed by atoms with E-state index in [0.717, 1.165) is 19.3 Å². The van der Waals surface area contributed by atoms with Gasteiger partial charge in [-0.1, -0.05) is 12.1 Å². The summed E-state index contributed by atoms with van der Waals surface area (Å²) in [5.74, 6) is -0.161. The van der Waals surface area contributed by atoms with Gasteiger partial charge in [-0.2, -0.15) is 0 Å². The van der Waals surface area contributed by atoms with Crippen molar-refractivity contribution in [2.75, 3.05) is 18.9 Å². The van der Waals surface area contributed by atoms with Gasteiger partial charge in [0.1, 0.15) is 5.82 Å². The first-order valence-corrected chi connectivity index (χ1v) is 6.97. The molecular weight excluding hydrogens is 253 g/mol. The van der Waals surface area contributed by atoms with E-state index in [1.807, 2.05) is 0 Å². The van der Waals surface area contributed by atoms with Crippen molar-refractivity contribution in [2.24, 2.45) is 0 Å². The van der Waals surface area contributed by atoms with Crippen LogP contribution in [0.1, 0.15) is 19.3 Å². The SMILES string of the molecule is O=C(CSc1ccccc1F)NCCCCCO. The van der Waals surface area contributed by atoms with E-state index in [-0.39, 0.29) is 24.1 Å². The van der Waals surface area contributed by atoms with Gasteiger partial charge >= 0.3 is 0 Å². The largest absolute Gasteiger partial charge is 0.396 e. The number of unbranched alkanes of at least 4 members (excludes halogenated alkanes) is 2. The van der Waals surface area contributed by atoms with Crippen molar-refractivity contribution in [1.29, 1.82) is 0 Å². The molecule has 0 aromatic heterocycles. The fourth-order valence-corrected chi connectivity index (χ4v) is 2.17. The number of amides is 1. The Balaban J connectivity index is 2.15. The number of aliphatic hydroxyl groups is 1. The van der Waals surface area contributed by atoms with Crippen LogP contribution in [0.2, 0.25) is 0 Å². The van der Waals surface area contributed by atoms with Crippen molar-refractivity contribution in [3.63, 3.8) is 0 Å². The number of aliphatic hydroxyl groups excluding tert-OH is 1. The summed E-state index contributed by atoms with van der Waals surface area (Å²) in [4.78, 5) is 12.0. The number of rotatable bonds is 8. The predicted octanol–water partition coefficient (Wildman–Crippen LogP) is 2.20. The minimum Gasteiger partial charge on any atom is -0.396 e. The summed E-state index contributed by atoms with van der Waals surface area (Å²) in [6.45, 7) is 0.799.